The predicted octanol–water partition coefficient (Wildman–Crippen LogP) is 2.27. The van der Waals surface area contributed by atoms with E-state index in [1.54, 1.807) is 6.92 Å². The van der Waals surface area contributed by atoms with Crippen LogP contribution >= 0.6 is 0 Å². The molecular formula is C22H30N2O5. The number of fused-ring (bicyclic) bond motifs is 1. The van der Waals surface area contributed by atoms with Crippen molar-refractivity contribution in [3.63, 3.8) is 0 Å². The average molecular weight is 402 g/mol. The fraction of sp³-hybridized carbons (Fsp3) is 0.545. The quantitative estimate of drug-likeness (QED) is 0.539. The van der Waals surface area contributed by atoms with E-state index in [-0.39, 0.29) is 11.5 Å². The first kappa shape index (κ1) is 21.3. The van der Waals surface area contributed by atoms with Gasteiger partial charge in [0.05, 0.1) is 13.2 Å². The van der Waals surface area contributed by atoms with Gasteiger partial charge in [-0.05, 0) is 50.9 Å². The van der Waals surface area contributed by atoms with Crippen LogP contribution in [0, 0.1) is 6.92 Å². The molecule has 29 heavy (non-hydrogen) atoms. The lowest BCUT2D eigenvalue weighted by Gasteiger charge is -2.26. The summed E-state index contributed by atoms with van der Waals surface area (Å²) in [5, 5.41) is 3.83. The van der Waals surface area contributed by atoms with E-state index in [1.165, 1.54) is 6.07 Å². The molecule has 0 unspecified atom stereocenters. The highest BCUT2D eigenvalue weighted by molar-refractivity contribution is 5.85. The highest BCUT2D eigenvalue weighted by Crippen LogP contribution is 2.29. The monoisotopic (exact) mass is 402 g/mol. The Hall–Kier alpha value is -2.38. The molecule has 0 saturated carbocycles. The number of amides is 1. The molecule has 0 radical (unpaired) electrons. The van der Waals surface area contributed by atoms with Crippen LogP contribution in [0.15, 0.2) is 27.4 Å². The van der Waals surface area contributed by atoms with Crippen LogP contribution in [-0.2, 0) is 16.0 Å². The topological polar surface area (TPSA) is 81.0 Å². The minimum absolute atomic E-state index is 0.157. The molecule has 1 aliphatic heterocycles. The van der Waals surface area contributed by atoms with E-state index in [0.29, 0.717) is 17.9 Å². The van der Waals surface area contributed by atoms with E-state index in [0.717, 1.165) is 62.2 Å². The van der Waals surface area contributed by atoms with Gasteiger partial charge in [-0.3, -0.25) is 9.69 Å². The maximum atomic E-state index is 12.4. The molecule has 0 bridgehead atoms. The lowest BCUT2D eigenvalue weighted by molar-refractivity contribution is -0.127. The fourth-order valence-corrected chi connectivity index (χ4v) is 3.55. The summed E-state index contributed by atoms with van der Waals surface area (Å²) < 4.78 is 16.6. The largest absolute Gasteiger partial charge is 0.480 e. The van der Waals surface area contributed by atoms with Crippen molar-refractivity contribution >= 4 is 16.9 Å². The maximum Gasteiger partial charge on any atom is 0.336 e. The Labute approximate surface area is 171 Å². The van der Waals surface area contributed by atoms with Crippen molar-refractivity contribution in [3.05, 3.63) is 39.7 Å². The van der Waals surface area contributed by atoms with Gasteiger partial charge in [-0.25, -0.2) is 4.79 Å². The molecule has 7 nitrogen and oxygen atoms in total. The Morgan fingerprint density at radius 2 is 2.07 bits per heavy atom. The molecule has 1 aromatic heterocycles. The molecule has 1 N–H and O–H groups in total. The second-order valence-corrected chi connectivity index (χ2v) is 7.37. The number of hydrogen-bond acceptors (Lipinski definition) is 6. The van der Waals surface area contributed by atoms with Gasteiger partial charge >= 0.3 is 5.63 Å². The molecule has 1 fully saturated rings. The molecule has 0 aliphatic carbocycles. The van der Waals surface area contributed by atoms with Crippen molar-refractivity contribution in [2.24, 2.45) is 0 Å². The Balaban J connectivity index is 1.57. The maximum absolute atomic E-state index is 12.4. The van der Waals surface area contributed by atoms with E-state index < -0.39 is 6.10 Å². The third-order valence-corrected chi connectivity index (χ3v) is 5.30. The van der Waals surface area contributed by atoms with Crippen LogP contribution < -0.4 is 15.7 Å². The van der Waals surface area contributed by atoms with Crippen molar-refractivity contribution in [2.75, 3.05) is 39.4 Å². The fourth-order valence-electron chi connectivity index (χ4n) is 3.55. The summed E-state index contributed by atoms with van der Waals surface area (Å²) in [6.07, 6.45) is 0.985. The van der Waals surface area contributed by atoms with E-state index in [2.05, 4.69) is 10.2 Å². The van der Waals surface area contributed by atoms with Crippen LogP contribution in [0.2, 0.25) is 0 Å². The van der Waals surface area contributed by atoms with Gasteiger partial charge in [0, 0.05) is 36.7 Å². The van der Waals surface area contributed by atoms with E-state index >= 15 is 0 Å². The van der Waals surface area contributed by atoms with Crippen LogP contribution in [0.3, 0.4) is 0 Å². The highest BCUT2D eigenvalue weighted by Gasteiger charge is 2.18. The first-order valence-electron chi connectivity index (χ1n) is 10.3. The number of nitrogens with one attached hydrogen (secondary N) is 1. The smallest absolute Gasteiger partial charge is 0.336 e. The molecular weight excluding hydrogens is 372 g/mol. The molecule has 3 rings (SSSR count). The normalized spacial score (nSPS) is 16.0. The van der Waals surface area contributed by atoms with Gasteiger partial charge in [0.1, 0.15) is 11.3 Å². The molecule has 1 aromatic carbocycles. The molecule has 158 valence electrons. The summed E-state index contributed by atoms with van der Waals surface area (Å²) in [5.41, 5.74) is 1.81. The standard InChI is InChI=1S/C22H30N2O5/c1-4-17-14-20(25)29-21-15(2)19(7-6-18(17)21)28-16(3)22(26)23-8-5-9-24-10-12-27-13-11-24/h6-7,14,16H,4-5,8-13H2,1-3H3,(H,23,26)/t16-/m0/s1. The Bertz CT molecular complexity index is 902. The zero-order chi connectivity index (χ0) is 20.8. The van der Waals surface area contributed by atoms with Gasteiger partial charge in [-0.15, -0.1) is 0 Å². The van der Waals surface area contributed by atoms with Crippen LogP contribution in [-0.4, -0.2) is 56.3 Å². The Morgan fingerprint density at radius 1 is 1.31 bits per heavy atom. The molecule has 0 spiro atoms. The summed E-state index contributed by atoms with van der Waals surface area (Å²) in [4.78, 5) is 26.6. The number of hydrogen-bond donors (Lipinski definition) is 1. The number of aryl methyl sites for hydroxylation is 2. The molecule has 2 heterocycles. The van der Waals surface area contributed by atoms with Crippen molar-refractivity contribution in [1.82, 2.24) is 10.2 Å². The third kappa shape index (κ3) is 5.36. The number of ether oxygens (including phenoxy) is 2. The summed E-state index contributed by atoms with van der Waals surface area (Å²) >= 11 is 0. The number of benzene rings is 1. The van der Waals surface area contributed by atoms with E-state index in [9.17, 15) is 9.59 Å². The first-order chi connectivity index (χ1) is 14.0. The van der Waals surface area contributed by atoms with Crippen LogP contribution in [0.25, 0.3) is 11.0 Å². The number of nitrogens with zero attached hydrogens (tertiary/aromatic N) is 1. The second-order valence-electron chi connectivity index (χ2n) is 7.37. The number of carbonyl (C=O) groups is 1. The molecule has 1 aliphatic rings. The van der Waals surface area contributed by atoms with Gasteiger partial charge in [-0.1, -0.05) is 6.92 Å². The van der Waals surface area contributed by atoms with Crippen molar-refractivity contribution in [1.29, 1.82) is 0 Å². The van der Waals surface area contributed by atoms with Gasteiger partial charge in [0.15, 0.2) is 6.10 Å². The molecule has 7 heteroatoms. The van der Waals surface area contributed by atoms with Gasteiger partial charge in [-0.2, -0.15) is 0 Å². The summed E-state index contributed by atoms with van der Waals surface area (Å²) in [5.74, 6) is 0.389. The van der Waals surface area contributed by atoms with E-state index in [4.69, 9.17) is 13.9 Å². The lowest BCUT2D eigenvalue weighted by atomic mass is 10.0. The third-order valence-electron chi connectivity index (χ3n) is 5.30. The highest BCUT2D eigenvalue weighted by atomic mass is 16.5. The summed E-state index contributed by atoms with van der Waals surface area (Å²) in [6, 6.07) is 5.24. The average Bonchev–Trinajstić information content (AvgIpc) is 2.73. The Morgan fingerprint density at radius 3 is 2.79 bits per heavy atom. The predicted molar refractivity (Wildman–Crippen MR) is 112 cm³/mol. The minimum atomic E-state index is -0.643. The SMILES string of the molecule is CCc1cc(=O)oc2c(C)c(O[C@@H](C)C(=O)NCCCN3CCOCC3)ccc12. The first-order valence-corrected chi connectivity index (χ1v) is 10.3. The van der Waals surface area contributed by atoms with Crippen molar-refractivity contribution in [2.45, 2.75) is 39.7 Å². The lowest BCUT2D eigenvalue weighted by Crippen LogP contribution is -2.40. The zero-order valence-electron chi connectivity index (χ0n) is 17.5. The summed E-state index contributed by atoms with van der Waals surface area (Å²) in [6.45, 7) is 10.6. The number of rotatable bonds is 8. The Kier molecular flexibility index (Phi) is 7.28. The number of carbonyl (C=O) groups excluding carboxylic acids is 1. The van der Waals surface area contributed by atoms with Gasteiger partial charge in [0.25, 0.3) is 5.91 Å². The van der Waals surface area contributed by atoms with Gasteiger partial charge < -0.3 is 19.2 Å². The minimum Gasteiger partial charge on any atom is -0.480 e. The van der Waals surface area contributed by atoms with Crippen molar-refractivity contribution < 1.29 is 18.7 Å². The molecule has 1 amide bonds. The van der Waals surface area contributed by atoms with Crippen LogP contribution in [0.5, 0.6) is 5.75 Å². The van der Waals surface area contributed by atoms with Crippen LogP contribution in [0.4, 0.5) is 0 Å². The van der Waals surface area contributed by atoms with Crippen LogP contribution in [0.1, 0.15) is 31.4 Å². The van der Waals surface area contributed by atoms with Gasteiger partial charge in [0.2, 0.25) is 0 Å². The van der Waals surface area contributed by atoms with Crippen molar-refractivity contribution in [3.8, 4) is 5.75 Å². The zero-order valence-corrected chi connectivity index (χ0v) is 17.5. The van der Waals surface area contributed by atoms with E-state index in [1.807, 2.05) is 26.0 Å². The molecule has 1 atom stereocenters. The molecule has 2 aromatic rings. The summed E-state index contributed by atoms with van der Waals surface area (Å²) in [7, 11) is 0. The number of morpholine rings is 1. The molecule has 1 saturated heterocycles. The second kappa shape index (κ2) is 9.89.